The third-order valence-electron chi connectivity index (χ3n) is 2.70. The highest BCUT2D eigenvalue weighted by Crippen LogP contribution is 2.16. The van der Waals surface area contributed by atoms with Gasteiger partial charge in [-0.25, -0.2) is 0 Å². The molecule has 1 aliphatic rings. The summed E-state index contributed by atoms with van der Waals surface area (Å²) >= 11 is 0. The molecule has 0 aromatic carbocycles. The van der Waals surface area contributed by atoms with E-state index in [0.717, 1.165) is 32.0 Å². The van der Waals surface area contributed by atoms with Crippen molar-refractivity contribution >= 4 is 11.9 Å². The number of rotatable bonds is 4. The summed E-state index contributed by atoms with van der Waals surface area (Å²) in [5, 5.41) is 9.16. The number of carbonyl (C=O) groups is 1. The first-order valence-electron chi connectivity index (χ1n) is 6.27. The van der Waals surface area contributed by atoms with Crippen molar-refractivity contribution in [1.82, 2.24) is 16.0 Å². The number of hydrogen-bond acceptors (Lipinski definition) is 4. The standard InChI is InChI=1S/C12H24N4O/c1-5-6-13-10(17)9(2)16-11-14-7-12(3,4)8-15-11/h9H,5-8H2,1-4H3,(H,13,17)(H2,14,15,16). The summed E-state index contributed by atoms with van der Waals surface area (Å²) in [5.74, 6) is 0.740. The Balaban J connectivity index is 2.39. The van der Waals surface area contributed by atoms with Crippen molar-refractivity contribution in [1.29, 1.82) is 0 Å². The van der Waals surface area contributed by atoms with Crippen molar-refractivity contribution in [2.75, 3.05) is 19.6 Å². The van der Waals surface area contributed by atoms with Gasteiger partial charge < -0.3 is 16.0 Å². The summed E-state index contributed by atoms with van der Waals surface area (Å²) in [4.78, 5) is 16.0. The van der Waals surface area contributed by atoms with Crippen LogP contribution in [0.3, 0.4) is 0 Å². The van der Waals surface area contributed by atoms with Crippen LogP contribution in [0.4, 0.5) is 0 Å². The van der Waals surface area contributed by atoms with Gasteiger partial charge in [0.25, 0.3) is 0 Å². The number of carbonyl (C=O) groups excluding carboxylic acids is 1. The number of nitrogens with zero attached hydrogens (tertiary/aromatic N) is 1. The largest absolute Gasteiger partial charge is 0.356 e. The molecule has 0 fully saturated rings. The van der Waals surface area contributed by atoms with Crippen molar-refractivity contribution in [2.24, 2.45) is 10.4 Å². The summed E-state index contributed by atoms with van der Waals surface area (Å²) in [6.45, 7) is 10.6. The quantitative estimate of drug-likeness (QED) is 0.669. The van der Waals surface area contributed by atoms with E-state index in [1.54, 1.807) is 0 Å². The van der Waals surface area contributed by atoms with Crippen LogP contribution in [-0.2, 0) is 4.79 Å². The fourth-order valence-corrected chi connectivity index (χ4v) is 1.50. The van der Waals surface area contributed by atoms with Crippen LogP contribution < -0.4 is 16.0 Å². The molecule has 17 heavy (non-hydrogen) atoms. The van der Waals surface area contributed by atoms with Gasteiger partial charge in [-0.1, -0.05) is 20.8 Å². The molecule has 1 unspecified atom stereocenters. The van der Waals surface area contributed by atoms with E-state index in [2.05, 4.69) is 34.8 Å². The van der Waals surface area contributed by atoms with E-state index in [0.29, 0.717) is 0 Å². The van der Waals surface area contributed by atoms with Gasteiger partial charge in [-0.3, -0.25) is 9.79 Å². The minimum atomic E-state index is -0.256. The smallest absolute Gasteiger partial charge is 0.242 e. The zero-order valence-corrected chi connectivity index (χ0v) is 11.3. The summed E-state index contributed by atoms with van der Waals surface area (Å²) in [5.41, 5.74) is 0.193. The highest BCUT2D eigenvalue weighted by Gasteiger charge is 2.23. The van der Waals surface area contributed by atoms with Crippen LogP contribution in [0.1, 0.15) is 34.1 Å². The molecule has 1 rings (SSSR count). The van der Waals surface area contributed by atoms with Gasteiger partial charge in [0.15, 0.2) is 5.96 Å². The minimum Gasteiger partial charge on any atom is -0.356 e. The van der Waals surface area contributed by atoms with Crippen molar-refractivity contribution in [3.63, 3.8) is 0 Å². The van der Waals surface area contributed by atoms with E-state index in [-0.39, 0.29) is 17.4 Å². The molecular formula is C12H24N4O. The van der Waals surface area contributed by atoms with Crippen molar-refractivity contribution in [3.05, 3.63) is 0 Å². The lowest BCUT2D eigenvalue weighted by atomic mass is 9.93. The van der Waals surface area contributed by atoms with Gasteiger partial charge in [-0.05, 0) is 13.3 Å². The molecule has 98 valence electrons. The van der Waals surface area contributed by atoms with Crippen LogP contribution in [0.2, 0.25) is 0 Å². The van der Waals surface area contributed by atoms with Crippen molar-refractivity contribution in [3.8, 4) is 0 Å². The van der Waals surface area contributed by atoms with E-state index in [4.69, 9.17) is 0 Å². The molecule has 0 saturated heterocycles. The predicted molar refractivity (Wildman–Crippen MR) is 70.0 cm³/mol. The zero-order chi connectivity index (χ0) is 12.9. The third-order valence-corrected chi connectivity index (χ3v) is 2.70. The second kappa shape index (κ2) is 5.89. The van der Waals surface area contributed by atoms with E-state index < -0.39 is 0 Å². The Bertz CT molecular complexity index is 299. The monoisotopic (exact) mass is 240 g/mol. The number of hydrogen-bond donors (Lipinski definition) is 3. The molecule has 1 amide bonds. The SMILES string of the molecule is CCCNC(=O)C(C)NC1=NCC(C)(C)CN1. The van der Waals surface area contributed by atoms with Gasteiger partial charge in [-0.2, -0.15) is 0 Å². The number of guanidine groups is 1. The summed E-state index contributed by atoms with van der Waals surface area (Å²) in [6, 6.07) is -0.256. The molecule has 3 N–H and O–H groups in total. The van der Waals surface area contributed by atoms with E-state index in [1.165, 1.54) is 0 Å². The Morgan fingerprint density at radius 1 is 1.59 bits per heavy atom. The first-order valence-corrected chi connectivity index (χ1v) is 6.27. The lowest BCUT2D eigenvalue weighted by Gasteiger charge is -2.30. The molecule has 1 aliphatic heterocycles. The molecule has 0 bridgehead atoms. The molecule has 0 spiro atoms. The highest BCUT2D eigenvalue weighted by molar-refractivity contribution is 5.88. The Hall–Kier alpha value is -1.26. The van der Waals surface area contributed by atoms with E-state index >= 15 is 0 Å². The second-order valence-corrected chi connectivity index (χ2v) is 5.34. The van der Waals surface area contributed by atoms with E-state index in [1.807, 2.05) is 13.8 Å². The van der Waals surface area contributed by atoms with Crippen LogP contribution in [0.5, 0.6) is 0 Å². The average Bonchev–Trinajstić information content (AvgIpc) is 2.28. The highest BCUT2D eigenvalue weighted by atomic mass is 16.2. The predicted octanol–water partition coefficient (Wildman–Crippen LogP) is 0.476. The van der Waals surface area contributed by atoms with Crippen LogP contribution in [0.15, 0.2) is 4.99 Å². The molecule has 0 aromatic rings. The Morgan fingerprint density at radius 2 is 2.29 bits per heavy atom. The third kappa shape index (κ3) is 4.63. The minimum absolute atomic E-state index is 0.0150. The normalized spacial score (nSPS) is 19.9. The van der Waals surface area contributed by atoms with Gasteiger partial charge in [0.05, 0.1) is 0 Å². The summed E-state index contributed by atoms with van der Waals surface area (Å²) in [6.07, 6.45) is 0.950. The number of amides is 1. The van der Waals surface area contributed by atoms with Crippen molar-refractivity contribution < 1.29 is 4.79 Å². The van der Waals surface area contributed by atoms with Crippen LogP contribution >= 0.6 is 0 Å². The molecule has 0 aliphatic carbocycles. The molecule has 1 heterocycles. The summed E-state index contributed by atoms with van der Waals surface area (Å²) in [7, 11) is 0. The zero-order valence-electron chi connectivity index (χ0n) is 11.3. The topological polar surface area (TPSA) is 65.5 Å². The second-order valence-electron chi connectivity index (χ2n) is 5.34. The van der Waals surface area contributed by atoms with Gasteiger partial charge in [-0.15, -0.1) is 0 Å². The molecule has 1 atom stereocenters. The maximum absolute atomic E-state index is 11.6. The lowest BCUT2D eigenvalue weighted by molar-refractivity contribution is -0.122. The fraction of sp³-hybridized carbons (Fsp3) is 0.833. The maximum atomic E-state index is 11.6. The van der Waals surface area contributed by atoms with Gasteiger partial charge in [0.1, 0.15) is 6.04 Å². The first-order chi connectivity index (χ1) is 7.94. The van der Waals surface area contributed by atoms with Gasteiger partial charge in [0.2, 0.25) is 5.91 Å². The number of aliphatic imine (C=N–C) groups is 1. The molecular weight excluding hydrogens is 216 g/mol. The molecule has 5 nitrogen and oxygen atoms in total. The van der Waals surface area contributed by atoms with E-state index in [9.17, 15) is 4.79 Å². The number of nitrogens with one attached hydrogen (secondary N) is 3. The lowest BCUT2D eigenvalue weighted by Crippen LogP contribution is -2.53. The average molecular weight is 240 g/mol. The van der Waals surface area contributed by atoms with Crippen molar-refractivity contribution in [2.45, 2.75) is 40.2 Å². The summed E-state index contributed by atoms with van der Waals surface area (Å²) < 4.78 is 0. The van der Waals surface area contributed by atoms with Gasteiger partial charge in [0, 0.05) is 25.0 Å². The fourth-order valence-electron chi connectivity index (χ4n) is 1.50. The van der Waals surface area contributed by atoms with Crippen LogP contribution in [0, 0.1) is 5.41 Å². The molecule has 0 aromatic heterocycles. The molecule has 0 radical (unpaired) electrons. The Labute approximate surface area is 103 Å². The Morgan fingerprint density at radius 3 is 2.82 bits per heavy atom. The van der Waals surface area contributed by atoms with Crippen LogP contribution in [0.25, 0.3) is 0 Å². The first kappa shape index (κ1) is 13.8. The molecule has 5 heteroatoms. The maximum Gasteiger partial charge on any atom is 0.242 e. The Kier molecular flexibility index (Phi) is 4.78. The van der Waals surface area contributed by atoms with Gasteiger partial charge >= 0.3 is 0 Å². The molecule has 0 saturated carbocycles. The van der Waals surface area contributed by atoms with Crippen LogP contribution in [-0.4, -0.2) is 37.5 Å².